The number of methoxy groups -OCH3 is 1. The van der Waals surface area contributed by atoms with Crippen LogP contribution in [0, 0.1) is 0 Å². The standard InChI is InChI=1S/C11H12BrF2NO2/c1-15(6-10(13)14)11(16)8-5-7(17-2)3-4-9(8)12/h3-5,10H,6H2,1-2H3. The van der Waals surface area contributed by atoms with Gasteiger partial charge in [-0.1, -0.05) is 0 Å². The highest BCUT2D eigenvalue weighted by Crippen LogP contribution is 2.23. The third kappa shape index (κ3) is 3.66. The first-order chi connectivity index (χ1) is 7.95. The van der Waals surface area contributed by atoms with Crippen molar-refractivity contribution in [2.75, 3.05) is 20.7 Å². The third-order valence-electron chi connectivity index (χ3n) is 2.16. The molecule has 0 heterocycles. The first-order valence-corrected chi connectivity index (χ1v) is 5.62. The Hall–Kier alpha value is -1.17. The zero-order valence-electron chi connectivity index (χ0n) is 9.41. The summed E-state index contributed by atoms with van der Waals surface area (Å²) in [5.41, 5.74) is 0.299. The van der Waals surface area contributed by atoms with Crippen molar-refractivity contribution in [2.24, 2.45) is 0 Å². The van der Waals surface area contributed by atoms with Gasteiger partial charge in [-0.05, 0) is 34.1 Å². The van der Waals surface area contributed by atoms with Crippen molar-refractivity contribution in [1.29, 1.82) is 0 Å². The molecule has 1 rings (SSSR count). The highest BCUT2D eigenvalue weighted by Gasteiger charge is 2.18. The Kier molecular flexibility index (Phi) is 4.86. The fourth-order valence-corrected chi connectivity index (χ4v) is 1.71. The molecule has 0 atom stereocenters. The van der Waals surface area contributed by atoms with E-state index in [4.69, 9.17) is 4.74 Å². The summed E-state index contributed by atoms with van der Waals surface area (Å²) in [6.07, 6.45) is -2.55. The molecular weight excluding hydrogens is 296 g/mol. The van der Waals surface area contributed by atoms with E-state index in [1.807, 2.05) is 0 Å². The van der Waals surface area contributed by atoms with Crippen LogP contribution >= 0.6 is 15.9 Å². The van der Waals surface area contributed by atoms with Crippen molar-refractivity contribution in [3.05, 3.63) is 28.2 Å². The van der Waals surface area contributed by atoms with Gasteiger partial charge in [-0.15, -0.1) is 0 Å². The van der Waals surface area contributed by atoms with E-state index in [1.165, 1.54) is 20.2 Å². The van der Waals surface area contributed by atoms with Crippen LogP contribution in [0.25, 0.3) is 0 Å². The number of hydrogen-bond acceptors (Lipinski definition) is 2. The van der Waals surface area contributed by atoms with Crippen LogP contribution in [0.3, 0.4) is 0 Å². The lowest BCUT2D eigenvalue weighted by Crippen LogP contribution is -2.31. The lowest BCUT2D eigenvalue weighted by molar-refractivity contribution is 0.0619. The predicted molar refractivity (Wildman–Crippen MR) is 63.7 cm³/mol. The van der Waals surface area contributed by atoms with Gasteiger partial charge in [0, 0.05) is 11.5 Å². The Morgan fingerprint density at radius 3 is 2.71 bits per heavy atom. The summed E-state index contributed by atoms with van der Waals surface area (Å²) in [7, 11) is 2.81. The molecule has 0 fully saturated rings. The van der Waals surface area contributed by atoms with Gasteiger partial charge < -0.3 is 9.64 Å². The Balaban J connectivity index is 2.94. The van der Waals surface area contributed by atoms with Crippen molar-refractivity contribution in [1.82, 2.24) is 4.90 Å². The zero-order chi connectivity index (χ0) is 13.0. The summed E-state index contributed by atoms with van der Waals surface area (Å²) in [6.45, 7) is -0.595. The smallest absolute Gasteiger partial charge is 0.255 e. The summed E-state index contributed by atoms with van der Waals surface area (Å²) >= 11 is 3.20. The molecule has 3 nitrogen and oxygen atoms in total. The number of carbonyl (C=O) groups excluding carboxylic acids is 1. The molecule has 0 saturated heterocycles. The maximum atomic E-state index is 12.2. The van der Waals surface area contributed by atoms with Gasteiger partial charge in [-0.25, -0.2) is 8.78 Å². The van der Waals surface area contributed by atoms with E-state index in [9.17, 15) is 13.6 Å². The highest BCUT2D eigenvalue weighted by molar-refractivity contribution is 9.10. The van der Waals surface area contributed by atoms with Crippen molar-refractivity contribution < 1.29 is 18.3 Å². The van der Waals surface area contributed by atoms with Crippen LogP contribution in [0.2, 0.25) is 0 Å². The van der Waals surface area contributed by atoms with E-state index >= 15 is 0 Å². The van der Waals surface area contributed by atoms with E-state index in [0.717, 1.165) is 4.90 Å². The van der Waals surface area contributed by atoms with Gasteiger partial charge in [-0.3, -0.25) is 4.79 Å². The minimum Gasteiger partial charge on any atom is -0.497 e. The van der Waals surface area contributed by atoms with Crippen molar-refractivity contribution in [2.45, 2.75) is 6.43 Å². The number of nitrogens with zero attached hydrogens (tertiary/aromatic N) is 1. The third-order valence-corrected chi connectivity index (χ3v) is 2.85. The predicted octanol–water partition coefficient (Wildman–Crippen LogP) is 2.79. The summed E-state index contributed by atoms with van der Waals surface area (Å²) in [6, 6.07) is 4.82. The highest BCUT2D eigenvalue weighted by atomic mass is 79.9. The number of benzene rings is 1. The molecule has 1 aromatic rings. The van der Waals surface area contributed by atoms with Crippen LogP contribution in [0.15, 0.2) is 22.7 Å². The average Bonchev–Trinajstić information content (AvgIpc) is 2.28. The lowest BCUT2D eigenvalue weighted by Gasteiger charge is -2.17. The molecule has 0 aromatic heterocycles. The van der Waals surface area contributed by atoms with Gasteiger partial charge in [0.1, 0.15) is 5.75 Å². The molecule has 1 amide bonds. The van der Waals surface area contributed by atoms with Crippen molar-refractivity contribution in [3.63, 3.8) is 0 Å². The van der Waals surface area contributed by atoms with Gasteiger partial charge in [0.2, 0.25) is 0 Å². The second-order valence-electron chi connectivity index (χ2n) is 3.42. The van der Waals surface area contributed by atoms with Crippen LogP contribution in [-0.4, -0.2) is 37.9 Å². The summed E-state index contributed by atoms with van der Waals surface area (Å²) in [4.78, 5) is 12.9. The van der Waals surface area contributed by atoms with Gasteiger partial charge in [0.25, 0.3) is 12.3 Å². The first kappa shape index (κ1) is 13.9. The first-order valence-electron chi connectivity index (χ1n) is 4.83. The normalized spacial score (nSPS) is 10.5. The summed E-state index contributed by atoms with van der Waals surface area (Å²) < 4.78 is 29.9. The maximum Gasteiger partial charge on any atom is 0.255 e. The number of hydrogen-bond donors (Lipinski definition) is 0. The second kappa shape index (κ2) is 5.95. The van der Waals surface area contributed by atoms with Gasteiger partial charge >= 0.3 is 0 Å². The lowest BCUT2D eigenvalue weighted by atomic mass is 10.2. The molecule has 0 bridgehead atoms. The van der Waals surface area contributed by atoms with Crippen molar-refractivity contribution in [3.8, 4) is 5.75 Å². The Labute approximate surface area is 106 Å². The number of amides is 1. The fraction of sp³-hybridized carbons (Fsp3) is 0.364. The van der Waals surface area contributed by atoms with Gasteiger partial charge in [-0.2, -0.15) is 0 Å². The Morgan fingerprint density at radius 1 is 1.53 bits per heavy atom. The van der Waals surface area contributed by atoms with E-state index in [1.54, 1.807) is 12.1 Å². The van der Waals surface area contributed by atoms with E-state index in [0.29, 0.717) is 15.8 Å². The zero-order valence-corrected chi connectivity index (χ0v) is 11.0. The van der Waals surface area contributed by atoms with Crippen LogP contribution < -0.4 is 4.74 Å². The largest absolute Gasteiger partial charge is 0.497 e. The maximum absolute atomic E-state index is 12.2. The van der Waals surface area contributed by atoms with E-state index in [-0.39, 0.29) is 0 Å². The summed E-state index contributed by atoms with van der Waals surface area (Å²) in [5, 5.41) is 0. The van der Waals surface area contributed by atoms with Crippen molar-refractivity contribution >= 4 is 21.8 Å². The molecule has 0 aliphatic carbocycles. The number of carbonyl (C=O) groups is 1. The molecule has 94 valence electrons. The molecule has 0 N–H and O–H groups in total. The minimum absolute atomic E-state index is 0.299. The Morgan fingerprint density at radius 2 is 2.18 bits per heavy atom. The molecule has 6 heteroatoms. The average molecular weight is 308 g/mol. The van der Waals surface area contributed by atoms with Crippen LogP contribution in [0.4, 0.5) is 8.78 Å². The van der Waals surface area contributed by atoms with Crippen LogP contribution in [0.1, 0.15) is 10.4 Å². The SMILES string of the molecule is COc1ccc(Br)c(C(=O)N(C)CC(F)F)c1. The number of halogens is 3. The minimum atomic E-state index is -2.55. The number of rotatable bonds is 4. The molecule has 0 unspecified atom stereocenters. The number of ether oxygens (including phenoxy) is 1. The van der Waals surface area contributed by atoms with Gasteiger partial charge in [0.15, 0.2) is 0 Å². The topological polar surface area (TPSA) is 29.5 Å². The molecule has 0 aliphatic rings. The molecule has 0 spiro atoms. The van der Waals surface area contributed by atoms with Gasteiger partial charge in [0.05, 0.1) is 19.2 Å². The second-order valence-corrected chi connectivity index (χ2v) is 4.28. The quantitative estimate of drug-likeness (QED) is 0.856. The van der Waals surface area contributed by atoms with Crippen LogP contribution in [-0.2, 0) is 0 Å². The monoisotopic (exact) mass is 307 g/mol. The fourth-order valence-electron chi connectivity index (χ4n) is 1.29. The molecule has 0 saturated carbocycles. The summed E-state index contributed by atoms with van der Waals surface area (Å²) in [5.74, 6) is 0.0260. The molecule has 1 aromatic carbocycles. The molecule has 17 heavy (non-hydrogen) atoms. The molecule has 0 radical (unpaired) electrons. The molecule has 0 aliphatic heterocycles. The number of alkyl halides is 2. The van der Waals surface area contributed by atoms with E-state index < -0.39 is 18.9 Å². The molecular formula is C11H12BrF2NO2. The Bertz CT molecular complexity index is 412. The van der Waals surface area contributed by atoms with E-state index in [2.05, 4.69) is 15.9 Å². The van der Waals surface area contributed by atoms with Crippen LogP contribution in [0.5, 0.6) is 5.75 Å².